The number of amides is 2. The number of benzene rings is 1. The Bertz CT molecular complexity index is 630. The Hall–Kier alpha value is -1.55. The minimum Gasteiger partial charge on any atom is -0.303 e. The number of rotatable bonds is 2. The lowest BCUT2D eigenvalue weighted by Gasteiger charge is -2.43. The Balaban J connectivity index is 1.50. The van der Waals surface area contributed by atoms with Gasteiger partial charge < -0.3 is 4.90 Å². The molecule has 0 unspecified atom stereocenters. The van der Waals surface area contributed by atoms with Crippen molar-refractivity contribution >= 4 is 11.7 Å². The zero-order valence-electron chi connectivity index (χ0n) is 15.9. The smallest absolute Gasteiger partial charge is 0.303 e. The molecule has 141 valence electrons. The summed E-state index contributed by atoms with van der Waals surface area (Å²) in [6.07, 6.45) is 11.7. The molecule has 0 atom stereocenters. The van der Waals surface area contributed by atoms with Crippen molar-refractivity contribution in [1.82, 2.24) is 10.6 Å². The summed E-state index contributed by atoms with van der Waals surface area (Å²) in [5.74, 6) is 0.913. The zero-order chi connectivity index (χ0) is 18.0. The Morgan fingerprint density at radius 1 is 1.00 bits per heavy atom. The van der Waals surface area contributed by atoms with E-state index in [0.29, 0.717) is 6.54 Å². The molecule has 4 rings (SSSR count). The van der Waals surface area contributed by atoms with Crippen molar-refractivity contribution in [2.24, 2.45) is 5.92 Å². The summed E-state index contributed by atoms with van der Waals surface area (Å²) in [6.45, 7) is 4.33. The van der Waals surface area contributed by atoms with Gasteiger partial charge in [0.15, 0.2) is 0 Å². The van der Waals surface area contributed by atoms with Crippen LogP contribution in [0, 0.1) is 5.92 Å². The number of carbonyl (C=O) groups excluding carboxylic acids is 1. The number of piperidine rings is 1. The van der Waals surface area contributed by atoms with Crippen LogP contribution in [0.25, 0.3) is 0 Å². The van der Waals surface area contributed by atoms with Crippen molar-refractivity contribution in [2.75, 3.05) is 31.1 Å². The van der Waals surface area contributed by atoms with Crippen LogP contribution in [0.4, 0.5) is 10.5 Å². The van der Waals surface area contributed by atoms with Crippen LogP contribution in [0.3, 0.4) is 0 Å². The minimum atomic E-state index is -0.566. The first-order valence-electron chi connectivity index (χ1n) is 10.5. The zero-order valence-corrected chi connectivity index (χ0v) is 15.9. The van der Waals surface area contributed by atoms with Crippen LogP contribution >= 0.6 is 0 Å². The third-order valence-corrected chi connectivity index (χ3v) is 7.10. The van der Waals surface area contributed by atoms with Gasteiger partial charge >= 0.3 is 6.03 Å². The van der Waals surface area contributed by atoms with Gasteiger partial charge in [-0.15, -0.1) is 0 Å². The molecule has 2 heterocycles. The predicted octanol–water partition coefficient (Wildman–Crippen LogP) is 4.60. The van der Waals surface area contributed by atoms with Gasteiger partial charge in [-0.25, -0.2) is 10.5 Å². The number of nitrogens with one attached hydrogen (secondary N) is 1. The second kappa shape index (κ2) is 7.59. The highest BCUT2D eigenvalue weighted by molar-refractivity contribution is 5.91. The van der Waals surface area contributed by atoms with Crippen LogP contribution in [-0.4, -0.2) is 37.1 Å². The van der Waals surface area contributed by atoms with Crippen LogP contribution in [-0.2, 0) is 5.41 Å². The first-order chi connectivity index (χ1) is 12.7. The van der Waals surface area contributed by atoms with Gasteiger partial charge in [-0.05, 0) is 74.6 Å². The Kier molecular flexibility index (Phi) is 5.21. The van der Waals surface area contributed by atoms with E-state index in [0.717, 1.165) is 24.4 Å². The standard InChI is InChI=1S/C22H32N3O/c23-21(26)25-14-6-11-22(19-9-4-5-10-20(19)25)12-15-24(16-13-22)17-18-7-2-1-3-8-18/h4-5,9-10,18,23H,1-3,6-8,11-17H2. The molecule has 1 N–H and O–H groups in total. The molecule has 1 aliphatic carbocycles. The number of likely N-dealkylation sites (tertiary alicyclic amines) is 1. The van der Waals surface area contributed by atoms with Crippen molar-refractivity contribution in [1.29, 1.82) is 0 Å². The maximum atomic E-state index is 11.8. The van der Waals surface area contributed by atoms with E-state index in [4.69, 9.17) is 5.73 Å². The van der Waals surface area contributed by atoms with Gasteiger partial charge in [0.05, 0.1) is 0 Å². The molecule has 1 radical (unpaired) electrons. The second-order valence-corrected chi connectivity index (χ2v) is 8.66. The van der Waals surface area contributed by atoms with Crippen molar-refractivity contribution in [3.8, 4) is 0 Å². The van der Waals surface area contributed by atoms with Crippen LogP contribution in [0.15, 0.2) is 24.3 Å². The van der Waals surface area contributed by atoms with Crippen LogP contribution < -0.4 is 10.6 Å². The number of anilines is 1. The summed E-state index contributed by atoms with van der Waals surface area (Å²) in [5, 5.41) is 0. The Morgan fingerprint density at radius 3 is 2.46 bits per heavy atom. The predicted molar refractivity (Wildman–Crippen MR) is 105 cm³/mol. The van der Waals surface area contributed by atoms with E-state index >= 15 is 0 Å². The van der Waals surface area contributed by atoms with Crippen molar-refractivity contribution < 1.29 is 4.79 Å². The molecule has 0 bridgehead atoms. The molecule has 4 nitrogen and oxygen atoms in total. The summed E-state index contributed by atoms with van der Waals surface area (Å²) in [7, 11) is 0. The molecule has 2 fully saturated rings. The van der Waals surface area contributed by atoms with Gasteiger partial charge in [-0.3, -0.25) is 4.90 Å². The molecule has 3 aliphatic rings. The molecule has 0 aromatic heterocycles. The summed E-state index contributed by atoms with van der Waals surface area (Å²) in [5.41, 5.74) is 10.2. The van der Waals surface area contributed by atoms with E-state index in [1.54, 1.807) is 4.90 Å². The van der Waals surface area contributed by atoms with Gasteiger partial charge in [0.1, 0.15) is 0 Å². The van der Waals surface area contributed by atoms with Crippen LogP contribution in [0.1, 0.15) is 63.4 Å². The van der Waals surface area contributed by atoms with Gasteiger partial charge in [0, 0.05) is 18.8 Å². The topological polar surface area (TPSA) is 47.4 Å². The number of urea groups is 1. The minimum absolute atomic E-state index is 0.198. The highest BCUT2D eigenvalue weighted by Gasteiger charge is 2.40. The molecule has 1 saturated heterocycles. The lowest BCUT2D eigenvalue weighted by Crippen LogP contribution is -2.44. The van der Waals surface area contributed by atoms with E-state index in [2.05, 4.69) is 17.0 Å². The molecule has 1 spiro atoms. The molecule has 1 saturated carbocycles. The molecule has 26 heavy (non-hydrogen) atoms. The lowest BCUT2D eigenvalue weighted by atomic mass is 9.69. The van der Waals surface area contributed by atoms with Crippen molar-refractivity contribution in [3.05, 3.63) is 29.8 Å². The largest absolute Gasteiger partial charge is 0.340 e. The molecular formula is C22H32N3O. The van der Waals surface area contributed by atoms with E-state index < -0.39 is 6.03 Å². The van der Waals surface area contributed by atoms with Gasteiger partial charge in [0.2, 0.25) is 0 Å². The van der Waals surface area contributed by atoms with Crippen LogP contribution in [0.2, 0.25) is 0 Å². The van der Waals surface area contributed by atoms with E-state index in [1.807, 2.05) is 12.1 Å². The summed E-state index contributed by atoms with van der Waals surface area (Å²) >= 11 is 0. The fourth-order valence-electron chi connectivity index (χ4n) is 5.62. The van der Waals surface area contributed by atoms with Gasteiger partial charge in [0.25, 0.3) is 0 Å². The van der Waals surface area contributed by atoms with E-state index in [9.17, 15) is 4.79 Å². The third kappa shape index (κ3) is 3.48. The maximum Gasteiger partial charge on any atom is 0.340 e. The summed E-state index contributed by atoms with van der Waals surface area (Å²) < 4.78 is 0. The highest BCUT2D eigenvalue weighted by Crippen LogP contribution is 2.46. The number of hydrogen-bond acceptors (Lipinski definition) is 2. The Labute approximate surface area is 157 Å². The highest BCUT2D eigenvalue weighted by atomic mass is 16.2. The molecular weight excluding hydrogens is 322 g/mol. The first kappa shape index (κ1) is 17.8. The summed E-state index contributed by atoms with van der Waals surface area (Å²) in [6, 6.07) is 7.81. The molecule has 1 aromatic rings. The van der Waals surface area contributed by atoms with E-state index in [-0.39, 0.29) is 5.41 Å². The SMILES string of the molecule is [NH]C(=O)N1CCCC2(CCN(CC3CCCCC3)CC2)c2ccccc21. The number of nitrogens with zero attached hydrogens (tertiary/aromatic N) is 2. The normalized spacial score (nSPS) is 24.2. The first-order valence-corrected chi connectivity index (χ1v) is 10.5. The summed E-state index contributed by atoms with van der Waals surface area (Å²) in [4.78, 5) is 16.2. The molecule has 4 heteroatoms. The number of hydrogen-bond donors (Lipinski definition) is 0. The average Bonchev–Trinajstić information content (AvgIpc) is 2.82. The Morgan fingerprint density at radius 2 is 1.73 bits per heavy atom. The third-order valence-electron chi connectivity index (χ3n) is 7.10. The van der Waals surface area contributed by atoms with Crippen molar-refractivity contribution in [2.45, 2.75) is 63.2 Å². The van der Waals surface area contributed by atoms with Crippen molar-refractivity contribution in [3.63, 3.8) is 0 Å². The number of fused-ring (bicyclic) bond motifs is 2. The maximum absolute atomic E-state index is 11.8. The quantitative estimate of drug-likeness (QED) is 0.779. The molecule has 2 amide bonds. The number of para-hydroxylation sites is 1. The van der Waals surface area contributed by atoms with Gasteiger partial charge in [-0.1, -0.05) is 37.5 Å². The monoisotopic (exact) mass is 354 g/mol. The van der Waals surface area contributed by atoms with Gasteiger partial charge in [-0.2, -0.15) is 0 Å². The van der Waals surface area contributed by atoms with Crippen LogP contribution in [0.5, 0.6) is 0 Å². The number of carbonyl (C=O) groups is 1. The lowest BCUT2D eigenvalue weighted by molar-refractivity contribution is 0.123. The molecule has 1 aromatic carbocycles. The molecule has 2 aliphatic heterocycles. The van der Waals surface area contributed by atoms with E-state index in [1.165, 1.54) is 70.1 Å². The fourth-order valence-corrected chi connectivity index (χ4v) is 5.62. The second-order valence-electron chi connectivity index (χ2n) is 8.66. The average molecular weight is 355 g/mol. The fraction of sp³-hybridized carbons (Fsp3) is 0.682.